The molecule has 0 aliphatic heterocycles. The van der Waals surface area contributed by atoms with Crippen molar-refractivity contribution in [2.75, 3.05) is 7.05 Å². The van der Waals surface area contributed by atoms with Gasteiger partial charge in [-0.15, -0.1) is 0 Å². The first-order valence-corrected chi connectivity index (χ1v) is 7.64. The molecular weight excluding hydrogens is 287 g/mol. The van der Waals surface area contributed by atoms with Crippen molar-refractivity contribution in [2.45, 2.75) is 31.2 Å². The molecule has 1 heterocycles. The summed E-state index contributed by atoms with van der Waals surface area (Å²) in [6.45, 7) is 0. The van der Waals surface area contributed by atoms with E-state index in [0.717, 1.165) is 30.5 Å². The second kappa shape index (κ2) is 6.12. The minimum Gasteiger partial charge on any atom is -0.312 e. The van der Waals surface area contributed by atoms with Gasteiger partial charge in [-0.1, -0.05) is 23.7 Å². The van der Waals surface area contributed by atoms with Crippen LogP contribution >= 0.6 is 11.6 Å². The van der Waals surface area contributed by atoms with Gasteiger partial charge in [0.05, 0.1) is 0 Å². The molecule has 110 valence electrons. The monoisotopic (exact) mass is 304 g/mol. The number of pyridine rings is 1. The molecule has 1 aliphatic rings. The molecule has 21 heavy (non-hydrogen) atoms. The standard InChI is InChI=1S/C17H18ClFN2/c1-20-17(13-8-7-12(19)10-15(13)18)14-6-2-4-11-5-3-9-21-16(11)14/h3,5,7-10,14,17,20H,2,4,6H2,1H3. The van der Waals surface area contributed by atoms with Gasteiger partial charge >= 0.3 is 0 Å². The summed E-state index contributed by atoms with van der Waals surface area (Å²) >= 11 is 6.25. The SMILES string of the molecule is CNC(c1ccc(F)cc1Cl)C1CCCc2cccnc21. The first-order valence-electron chi connectivity index (χ1n) is 7.26. The fraction of sp³-hybridized carbons (Fsp3) is 0.353. The molecule has 0 bridgehead atoms. The number of aromatic nitrogens is 1. The van der Waals surface area contributed by atoms with Crippen LogP contribution in [0.4, 0.5) is 4.39 Å². The van der Waals surface area contributed by atoms with E-state index in [9.17, 15) is 4.39 Å². The second-order valence-corrected chi connectivity index (χ2v) is 5.89. The Morgan fingerprint density at radius 3 is 3.00 bits per heavy atom. The quantitative estimate of drug-likeness (QED) is 0.916. The van der Waals surface area contributed by atoms with E-state index in [1.807, 2.05) is 19.3 Å². The summed E-state index contributed by atoms with van der Waals surface area (Å²) in [6.07, 6.45) is 5.12. The number of rotatable bonds is 3. The number of hydrogen-bond donors (Lipinski definition) is 1. The Bertz CT molecular complexity index is 644. The molecule has 0 fully saturated rings. The zero-order valence-electron chi connectivity index (χ0n) is 11.9. The highest BCUT2D eigenvalue weighted by Crippen LogP contribution is 2.40. The van der Waals surface area contributed by atoms with Crippen molar-refractivity contribution < 1.29 is 4.39 Å². The van der Waals surface area contributed by atoms with Crippen LogP contribution in [-0.2, 0) is 6.42 Å². The van der Waals surface area contributed by atoms with Crippen LogP contribution in [0.1, 0.15) is 41.6 Å². The van der Waals surface area contributed by atoms with Crippen molar-refractivity contribution in [2.24, 2.45) is 0 Å². The lowest BCUT2D eigenvalue weighted by Crippen LogP contribution is -2.27. The Morgan fingerprint density at radius 2 is 2.24 bits per heavy atom. The van der Waals surface area contributed by atoms with Crippen molar-refractivity contribution in [3.63, 3.8) is 0 Å². The van der Waals surface area contributed by atoms with Crippen molar-refractivity contribution in [3.05, 3.63) is 64.2 Å². The highest BCUT2D eigenvalue weighted by atomic mass is 35.5. The fourth-order valence-corrected chi connectivity index (χ4v) is 3.58. The largest absolute Gasteiger partial charge is 0.312 e. The van der Waals surface area contributed by atoms with Gasteiger partial charge in [-0.3, -0.25) is 4.98 Å². The van der Waals surface area contributed by atoms with Crippen molar-refractivity contribution in [1.82, 2.24) is 10.3 Å². The zero-order chi connectivity index (χ0) is 14.8. The molecular formula is C17H18ClFN2. The van der Waals surface area contributed by atoms with Crippen LogP contribution in [0.15, 0.2) is 36.5 Å². The number of halogens is 2. The van der Waals surface area contributed by atoms with Gasteiger partial charge in [0.15, 0.2) is 0 Å². The Labute approximate surface area is 129 Å². The second-order valence-electron chi connectivity index (χ2n) is 5.48. The molecule has 3 rings (SSSR count). The summed E-state index contributed by atoms with van der Waals surface area (Å²) in [5.41, 5.74) is 3.39. The maximum atomic E-state index is 13.3. The van der Waals surface area contributed by atoms with Crippen LogP contribution < -0.4 is 5.32 Å². The molecule has 0 saturated heterocycles. The summed E-state index contributed by atoms with van der Waals surface area (Å²) in [7, 11) is 1.92. The van der Waals surface area contributed by atoms with Crippen molar-refractivity contribution in [1.29, 1.82) is 0 Å². The number of nitrogens with zero attached hydrogens (tertiary/aromatic N) is 1. The van der Waals surface area contributed by atoms with Gasteiger partial charge in [-0.25, -0.2) is 4.39 Å². The average molecular weight is 305 g/mol. The summed E-state index contributed by atoms with van der Waals surface area (Å²) in [5, 5.41) is 3.81. The Hall–Kier alpha value is -1.45. The molecule has 1 aromatic carbocycles. The minimum atomic E-state index is -0.305. The number of benzene rings is 1. The number of likely N-dealkylation sites (N-methyl/N-ethyl adjacent to an activating group) is 1. The van der Waals surface area contributed by atoms with Crippen LogP contribution in [0.25, 0.3) is 0 Å². The number of hydrogen-bond acceptors (Lipinski definition) is 2. The van der Waals surface area contributed by atoms with Gasteiger partial charge < -0.3 is 5.32 Å². The first kappa shape index (κ1) is 14.5. The predicted octanol–water partition coefficient (Wildman–Crippen LogP) is 4.25. The van der Waals surface area contributed by atoms with E-state index < -0.39 is 0 Å². The molecule has 1 aromatic heterocycles. The van der Waals surface area contributed by atoms with Crippen LogP contribution in [0.2, 0.25) is 5.02 Å². The first-order chi connectivity index (χ1) is 10.2. The normalized spacial score (nSPS) is 19.1. The molecule has 2 atom stereocenters. The molecule has 1 N–H and O–H groups in total. The third-order valence-electron chi connectivity index (χ3n) is 4.25. The van der Waals surface area contributed by atoms with Gasteiger partial charge in [-0.05, 0) is 55.6 Å². The van der Waals surface area contributed by atoms with Gasteiger partial charge in [0.25, 0.3) is 0 Å². The van der Waals surface area contributed by atoms with Gasteiger partial charge in [0.1, 0.15) is 5.82 Å². The van der Waals surface area contributed by atoms with Gasteiger partial charge in [0, 0.05) is 28.9 Å². The lowest BCUT2D eigenvalue weighted by Gasteiger charge is -2.32. The van der Waals surface area contributed by atoms with E-state index in [0.29, 0.717) is 5.02 Å². The zero-order valence-corrected chi connectivity index (χ0v) is 12.7. The van der Waals surface area contributed by atoms with Gasteiger partial charge in [0.2, 0.25) is 0 Å². The van der Waals surface area contributed by atoms with E-state index in [1.165, 1.54) is 17.7 Å². The van der Waals surface area contributed by atoms with Crippen LogP contribution in [-0.4, -0.2) is 12.0 Å². The van der Waals surface area contributed by atoms with E-state index in [1.54, 1.807) is 6.07 Å². The Balaban J connectivity index is 2.01. The Morgan fingerprint density at radius 1 is 1.38 bits per heavy atom. The molecule has 4 heteroatoms. The molecule has 0 amide bonds. The lowest BCUT2D eigenvalue weighted by molar-refractivity contribution is 0.415. The summed E-state index contributed by atoms with van der Waals surface area (Å²) in [5.74, 6) is -0.0383. The summed E-state index contributed by atoms with van der Waals surface area (Å²) in [4.78, 5) is 4.59. The average Bonchev–Trinajstić information content (AvgIpc) is 2.50. The minimum absolute atomic E-state index is 0.0482. The molecule has 2 unspecified atom stereocenters. The number of nitrogens with one attached hydrogen (secondary N) is 1. The smallest absolute Gasteiger partial charge is 0.124 e. The maximum Gasteiger partial charge on any atom is 0.124 e. The van der Waals surface area contributed by atoms with Crippen molar-refractivity contribution in [3.8, 4) is 0 Å². The summed E-state index contributed by atoms with van der Waals surface area (Å²) in [6, 6.07) is 8.80. The molecule has 0 spiro atoms. The molecule has 2 aromatic rings. The highest BCUT2D eigenvalue weighted by Gasteiger charge is 2.30. The number of aryl methyl sites for hydroxylation is 1. The molecule has 2 nitrogen and oxygen atoms in total. The molecule has 1 aliphatic carbocycles. The third-order valence-corrected chi connectivity index (χ3v) is 4.58. The topological polar surface area (TPSA) is 24.9 Å². The van der Waals surface area contributed by atoms with E-state index in [4.69, 9.17) is 11.6 Å². The molecule has 0 radical (unpaired) electrons. The van der Waals surface area contributed by atoms with Gasteiger partial charge in [-0.2, -0.15) is 0 Å². The van der Waals surface area contributed by atoms with E-state index in [-0.39, 0.29) is 17.8 Å². The maximum absolute atomic E-state index is 13.3. The highest BCUT2D eigenvalue weighted by molar-refractivity contribution is 6.31. The van der Waals surface area contributed by atoms with Crippen LogP contribution in [0.3, 0.4) is 0 Å². The summed E-state index contributed by atoms with van der Waals surface area (Å²) < 4.78 is 13.3. The fourth-order valence-electron chi connectivity index (χ4n) is 3.30. The Kier molecular flexibility index (Phi) is 4.22. The van der Waals surface area contributed by atoms with Crippen LogP contribution in [0, 0.1) is 5.82 Å². The lowest BCUT2D eigenvalue weighted by atomic mass is 9.79. The van der Waals surface area contributed by atoms with E-state index >= 15 is 0 Å². The van der Waals surface area contributed by atoms with Crippen molar-refractivity contribution >= 4 is 11.6 Å². The predicted molar refractivity (Wildman–Crippen MR) is 83.1 cm³/mol. The van der Waals surface area contributed by atoms with E-state index in [2.05, 4.69) is 16.4 Å². The third kappa shape index (κ3) is 2.81. The van der Waals surface area contributed by atoms with Crippen LogP contribution in [0.5, 0.6) is 0 Å². The molecule has 0 saturated carbocycles. The number of fused-ring (bicyclic) bond motifs is 1.